The van der Waals surface area contributed by atoms with E-state index >= 15 is 0 Å². The average Bonchev–Trinajstić information content (AvgIpc) is 2.41. The van der Waals surface area contributed by atoms with Crippen molar-refractivity contribution in [1.29, 1.82) is 0 Å². The number of hydrogen-bond donors (Lipinski definition) is 1. The second-order valence-electron chi connectivity index (χ2n) is 5.30. The first-order valence-electron chi connectivity index (χ1n) is 6.67. The van der Waals surface area contributed by atoms with Crippen molar-refractivity contribution in [2.45, 2.75) is 26.3 Å². The molecule has 0 radical (unpaired) electrons. The van der Waals surface area contributed by atoms with Gasteiger partial charge in [0.25, 0.3) is 5.69 Å². The van der Waals surface area contributed by atoms with Gasteiger partial charge in [0.2, 0.25) is 0 Å². The number of rotatable bonds is 4. The summed E-state index contributed by atoms with van der Waals surface area (Å²) in [6.45, 7) is 4.57. The minimum absolute atomic E-state index is 0.188. The Bertz CT molecular complexity index is 462. The van der Waals surface area contributed by atoms with Gasteiger partial charge < -0.3 is 5.11 Å². The molecule has 2 rings (SSSR count). The fourth-order valence-electron chi connectivity index (χ4n) is 2.65. The Hall–Kier alpha value is -1.46. The van der Waals surface area contributed by atoms with Crippen LogP contribution in [0.4, 0.5) is 5.69 Å². The number of nitrogens with zero attached hydrogens (tertiary/aromatic N) is 2. The predicted octanol–water partition coefficient (Wildman–Crippen LogP) is 2.11. The van der Waals surface area contributed by atoms with Crippen LogP contribution in [0.2, 0.25) is 0 Å². The third-order valence-corrected chi connectivity index (χ3v) is 3.74. The highest BCUT2D eigenvalue weighted by Gasteiger charge is 2.20. The molecule has 104 valence electrons. The van der Waals surface area contributed by atoms with Gasteiger partial charge in [0.1, 0.15) is 0 Å². The van der Waals surface area contributed by atoms with Gasteiger partial charge in [0, 0.05) is 31.3 Å². The molecule has 1 aromatic carbocycles. The summed E-state index contributed by atoms with van der Waals surface area (Å²) in [6, 6.07) is 5.42. The zero-order valence-electron chi connectivity index (χ0n) is 11.2. The van der Waals surface area contributed by atoms with Crippen molar-refractivity contribution in [1.82, 2.24) is 4.90 Å². The van der Waals surface area contributed by atoms with Crippen molar-refractivity contribution in [3.63, 3.8) is 0 Å². The van der Waals surface area contributed by atoms with E-state index in [1.54, 1.807) is 19.1 Å². The second kappa shape index (κ2) is 6.12. The fourth-order valence-corrected chi connectivity index (χ4v) is 2.65. The highest BCUT2D eigenvalue weighted by atomic mass is 16.6. The van der Waals surface area contributed by atoms with Crippen LogP contribution >= 0.6 is 0 Å². The van der Waals surface area contributed by atoms with Crippen LogP contribution in [0, 0.1) is 23.0 Å². The van der Waals surface area contributed by atoms with Crippen LogP contribution in [-0.2, 0) is 6.54 Å². The van der Waals surface area contributed by atoms with Crippen LogP contribution < -0.4 is 0 Å². The maximum atomic E-state index is 10.9. The van der Waals surface area contributed by atoms with Gasteiger partial charge in [0.15, 0.2) is 0 Å². The van der Waals surface area contributed by atoms with Gasteiger partial charge in [-0.05, 0) is 37.8 Å². The molecule has 1 saturated heterocycles. The highest BCUT2D eigenvalue weighted by molar-refractivity contribution is 5.42. The zero-order valence-corrected chi connectivity index (χ0v) is 11.2. The van der Waals surface area contributed by atoms with Crippen LogP contribution in [0.3, 0.4) is 0 Å². The van der Waals surface area contributed by atoms with Crippen molar-refractivity contribution >= 4 is 5.69 Å². The summed E-state index contributed by atoms with van der Waals surface area (Å²) in [6.07, 6.45) is 2.15. The first kappa shape index (κ1) is 14.0. The Morgan fingerprint density at radius 2 is 2.32 bits per heavy atom. The van der Waals surface area contributed by atoms with E-state index in [4.69, 9.17) is 0 Å². The van der Waals surface area contributed by atoms with E-state index in [0.29, 0.717) is 11.5 Å². The lowest BCUT2D eigenvalue weighted by Crippen LogP contribution is -2.36. The van der Waals surface area contributed by atoms with Gasteiger partial charge in [-0.2, -0.15) is 0 Å². The molecule has 1 atom stereocenters. The van der Waals surface area contributed by atoms with E-state index in [1.165, 1.54) is 0 Å². The molecule has 0 spiro atoms. The van der Waals surface area contributed by atoms with E-state index < -0.39 is 0 Å². The quantitative estimate of drug-likeness (QED) is 0.668. The smallest absolute Gasteiger partial charge is 0.272 e. The van der Waals surface area contributed by atoms with Gasteiger partial charge >= 0.3 is 0 Å². The SMILES string of the molecule is Cc1ccc(CN2CCCC(CO)C2)cc1[N+](=O)[O-]. The van der Waals surface area contributed by atoms with Crippen molar-refractivity contribution in [3.05, 3.63) is 39.4 Å². The Labute approximate surface area is 113 Å². The molecule has 1 unspecified atom stereocenters. The molecule has 1 N–H and O–H groups in total. The molecule has 0 aliphatic carbocycles. The number of aliphatic hydroxyl groups is 1. The summed E-state index contributed by atoms with van der Waals surface area (Å²) < 4.78 is 0. The number of hydrogen-bond acceptors (Lipinski definition) is 4. The van der Waals surface area contributed by atoms with Gasteiger partial charge in [-0.25, -0.2) is 0 Å². The fraction of sp³-hybridized carbons (Fsp3) is 0.571. The molecule has 5 heteroatoms. The first-order chi connectivity index (χ1) is 9.10. The molecular formula is C14H20N2O3. The predicted molar refractivity (Wildman–Crippen MR) is 72.9 cm³/mol. The summed E-state index contributed by atoms with van der Waals surface area (Å²) >= 11 is 0. The lowest BCUT2D eigenvalue weighted by atomic mass is 9.98. The molecular weight excluding hydrogens is 244 g/mol. The number of nitro groups is 1. The standard InChI is InChI=1S/C14H20N2O3/c1-11-4-5-12(7-14(11)16(18)19)8-15-6-2-3-13(9-15)10-17/h4-5,7,13,17H,2-3,6,8-10H2,1H3. The molecule has 0 saturated carbocycles. The zero-order chi connectivity index (χ0) is 13.8. The summed E-state index contributed by atoms with van der Waals surface area (Å²) in [5.41, 5.74) is 1.85. The van der Waals surface area contributed by atoms with Crippen LogP contribution in [-0.4, -0.2) is 34.6 Å². The van der Waals surface area contributed by atoms with Crippen LogP contribution in [0.1, 0.15) is 24.0 Å². The molecule has 5 nitrogen and oxygen atoms in total. The normalized spacial score (nSPS) is 20.4. The van der Waals surface area contributed by atoms with Crippen LogP contribution in [0.25, 0.3) is 0 Å². The third-order valence-electron chi connectivity index (χ3n) is 3.74. The van der Waals surface area contributed by atoms with Gasteiger partial charge in [-0.3, -0.25) is 15.0 Å². The number of aliphatic hydroxyl groups excluding tert-OH is 1. The summed E-state index contributed by atoms with van der Waals surface area (Å²) in [4.78, 5) is 12.9. The van der Waals surface area contributed by atoms with E-state index in [-0.39, 0.29) is 17.2 Å². The molecule has 1 aromatic rings. The molecule has 0 bridgehead atoms. The van der Waals surface area contributed by atoms with Gasteiger partial charge in [-0.1, -0.05) is 12.1 Å². The van der Waals surface area contributed by atoms with Gasteiger partial charge in [-0.15, -0.1) is 0 Å². The molecule has 0 amide bonds. The maximum absolute atomic E-state index is 10.9. The van der Waals surface area contributed by atoms with Crippen LogP contribution in [0.15, 0.2) is 18.2 Å². The number of aryl methyl sites for hydroxylation is 1. The highest BCUT2D eigenvalue weighted by Crippen LogP contribution is 2.22. The van der Waals surface area contributed by atoms with E-state index in [0.717, 1.165) is 38.0 Å². The van der Waals surface area contributed by atoms with Crippen molar-refractivity contribution in [2.75, 3.05) is 19.7 Å². The molecule has 19 heavy (non-hydrogen) atoms. The Morgan fingerprint density at radius 3 is 3.00 bits per heavy atom. The molecule has 1 heterocycles. The largest absolute Gasteiger partial charge is 0.396 e. The second-order valence-corrected chi connectivity index (χ2v) is 5.30. The maximum Gasteiger partial charge on any atom is 0.272 e. The molecule has 0 aromatic heterocycles. The summed E-state index contributed by atoms with van der Waals surface area (Å²) in [7, 11) is 0. The topological polar surface area (TPSA) is 66.6 Å². The number of likely N-dealkylation sites (tertiary alicyclic amines) is 1. The Morgan fingerprint density at radius 1 is 1.53 bits per heavy atom. The van der Waals surface area contributed by atoms with E-state index in [1.807, 2.05) is 6.07 Å². The molecule has 1 fully saturated rings. The molecule has 1 aliphatic rings. The Balaban J connectivity index is 2.06. The van der Waals surface area contributed by atoms with Crippen molar-refractivity contribution < 1.29 is 10.0 Å². The average molecular weight is 264 g/mol. The molecule has 1 aliphatic heterocycles. The lowest BCUT2D eigenvalue weighted by Gasteiger charge is -2.31. The third kappa shape index (κ3) is 3.52. The van der Waals surface area contributed by atoms with E-state index in [9.17, 15) is 15.2 Å². The first-order valence-corrected chi connectivity index (χ1v) is 6.67. The van der Waals surface area contributed by atoms with Crippen molar-refractivity contribution in [2.24, 2.45) is 5.92 Å². The van der Waals surface area contributed by atoms with Crippen LogP contribution in [0.5, 0.6) is 0 Å². The minimum atomic E-state index is -0.328. The number of piperidine rings is 1. The number of nitro benzene ring substituents is 1. The lowest BCUT2D eigenvalue weighted by molar-refractivity contribution is -0.385. The monoisotopic (exact) mass is 264 g/mol. The van der Waals surface area contributed by atoms with Crippen molar-refractivity contribution in [3.8, 4) is 0 Å². The van der Waals surface area contributed by atoms with E-state index in [2.05, 4.69) is 4.90 Å². The summed E-state index contributed by atoms with van der Waals surface area (Å²) in [5.74, 6) is 0.342. The Kier molecular flexibility index (Phi) is 4.50. The summed E-state index contributed by atoms with van der Waals surface area (Å²) in [5, 5.41) is 20.1. The van der Waals surface area contributed by atoms with Gasteiger partial charge in [0.05, 0.1) is 4.92 Å². The number of benzene rings is 1. The minimum Gasteiger partial charge on any atom is -0.396 e.